The number of para-hydroxylation sites is 1. The number of nitrogens with zero attached hydrogens (tertiary/aromatic N) is 3. The Labute approximate surface area is 134 Å². The van der Waals surface area contributed by atoms with Crippen molar-refractivity contribution >= 4 is 16.8 Å². The van der Waals surface area contributed by atoms with Gasteiger partial charge in [0.1, 0.15) is 11.5 Å². The van der Waals surface area contributed by atoms with Crippen LogP contribution in [0.4, 0.5) is 0 Å². The van der Waals surface area contributed by atoms with Crippen LogP contribution in [0.2, 0.25) is 0 Å². The van der Waals surface area contributed by atoms with Gasteiger partial charge in [0, 0.05) is 49.9 Å². The minimum atomic E-state index is 0.0534. The van der Waals surface area contributed by atoms with Gasteiger partial charge >= 0.3 is 0 Å². The zero-order valence-corrected chi connectivity index (χ0v) is 13.2. The highest BCUT2D eigenvalue weighted by molar-refractivity contribution is 5.97. The fourth-order valence-corrected chi connectivity index (χ4v) is 3.45. The van der Waals surface area contributed by atoms with Crippen molar-refractivity contribution in [2.45, 2.75) is 19.4 Å². The summed E-state index contributed by atoms with van der Waals surface area (Å²) in [5, 5.41) is 1.07. The van der Waals surface area contributed by atoms with Gasteiger partial charge in [-0.15, -0.1) is 0 Å². The first-order valence-electron chi connectivity index (χ1n) is 8.04. The molecule has 1 atom stereocenters. The number of carbonyl (C=O) groups is 1. The van der Waals surface area contributed by atoms with Gasteiger partial charge in [-0.3, -0.25) is 4.79 Å². The maximum atomic E-state index is 12.7. The fraction of sp³-hybridized carbons (Fsp3) is 0.333. The van der Waals surface area contributed by atoms with E-state index in [0.717, 1.165) is 42.7 Å². The number of H-pyrrole nitrogens is 1. The highest BCUT2D eigenvalue weighted by Crippen LogP contribution is 2.21. The minimum absolute atomic E-state index is 0.0534. The third-order valence-corrected chi connectivity index (χ3v) is 4.67. The molecule has 1 unspecified atom stereocenters. The highest BCUT2D eigenvalue weighted by Gasteiger charge is 2.23. The molecule has 118 valence electrons. The minimum Gasteiger partial charge on any atom is -0.351 e. The second kappa shape index (κ2) is 5.57. The summed E-state index contributed by atoms with van der Waals surface area (Å²) in [5.41, 5.74) is 1.66. The van der Waals surface area contributed by atoms with E-state index in [2.05, 4.69) is 14.5 Å². The number of hydrogen-bond donors (Lipinski definition) is 1. The second-order valence-corrected chi connectivity index (χ2v) is 6.36. The number of benzene rings is 1. The monoisotopic (exact) mass is 308 g/mol. The van der Waals surface area contributed by atoms with Crippen LogP contribution in [0.1, 0.15) is 22.7 Å². The molecule has 0 fully saturated rings. The lowest BCUT2D eigenvalue weighted by Gasteiger charge is -2.28. The maximum Gasteiger partial charge on any atom is 0.270 e. The van der Waals surface area contributed by atoms with E-state index in [1.807, 2.05) is 54.7 Å². The topological polar surface area (TPSA) is 53.9 Å². The summed E-state index contributed by atoms with van der Waals surface area (Å²) < 4.78 is 2.20. The van der Waals surface area contributed by atoms with Crippen LogP contribution in [0.25, 0.3) is 10.9 Å². The molecule has 0 saturated carbocycles. The van der Waals surface area contributed by atoms with Crippen molar-refractivity contribution in [3.8, 4) is 0 Å². The van der Waals surface area contributed by atoms with Crippen LogP contribution in [0, 0.1) is 5.92 Å². The Morgan fingerprint density at radius 3 is 3.17 bits per heavy atom. The van der Waals surface area contributed by atoms with E-state index in [-0.39, 0.29) is 5.91 Å². The quantitative estimate of drug-likeness (QED) is 0.809. The molecule has 0 spiro atoms. The molecule has 2 aromatic heterocycles. The molecule has 0 radical (unpaired) electrons. The van der Waals surface area contributed by atoms with Gasteiger partial charge in [-0.1, -0.05) is 18.2 Å². The predicted molar refractivity (Wildman–Crippen MR) is 89.3 cm³/mol. The van der Waals surface area contributed by atoms with Crippen molar-refractivity contribution in [1.29, 1.82) is 0 Å². The van der Waals surface area contributed by atoms with Crippen LogP contribution in [-0.2, 0) is 13.0 Å². The van der Waals surface area contributed by atoms with Crippen LogP contribution in [0.5, 0.6) is 0 Å². The number of rotatable bonds is 3. The standard InChI is InChI=1S/C18H20N4O/c1-21(11-13-6-7-17-19-8-9-22(17)12-13)18(23)16-10-14-4-2-3-5-15(14)20-16/h2-5,8-10,13,20H,6-7,11-12H2,1H3. The Balaban J connectivity index is 1.46. The Morgan fingerprint density at radius 1 is 1.43 bits per heavy atom. The van der Waals surface area contributed by atoms with Crippen molar-refractivity contribution < 1.29 is 4.79 Å². The van der Waals surface area contributed by atoms with E-state index in [1.54, 1.807) is 0 Å². The molecule has 0 bridgehead atoms. The average Bonchev–Trinajstić information content (AvgIpc) is 3.19. The first kappa shape index (κ1) is 14.1. The van der Waals surface area contributed by atoms with Gasteiger partial charge < -0.3 is 14.5 Å². The molecular formula is C18H20N4O. The number of hydrogen-bond acceptors (Lipinski definition) is 2. The van der Waals surface area contributed by atoms with Gasteiger partial charge in [-0.05, 0) is 24.5 Å². The first-order chi connectivity index (χ1) is 11.2. The summed E-state index contributed by atoms with van der Waals surface area (Å²) in [6, 6.07) is 9.90. The summed E-state index contributed by atoms with van der Waals surface area (Å²) in [5.74, 6) is 1.69. The van der Waals surface area contributed by atoms with E-state index in [9.17, 15) is 4.79 Å². The Morgan fingerprint density at radius 2 is 2.30 bits per heavy atom. The van der Waals surface area contributed by atoms with E-state index in [4.69, 9.17) is 0 Å². The molecule has 1 aliphatic rings. The predicted octanol–water partition coefficient (Wildman–Crippen LogP) is 2.70. The normalized spacial score (nSPS) is 17.2. The summed E-state index contributed by atoms with van der Waals surface area (Å²) in [7, 11) is 1.89. The number of nitrogens with one attached hydrogen (secondary N) is 1. The maximum absolute atomic E-state index is 12.7. The number of amides is 1. The lowest BCUT2D eigenvalue weighted by atomic mass is 9.99. The number of carbonyl (C=O) groups excluding carboxylic acids is 1. The van der Waals surface area contributed by atoms with E-state index in [1.165, 1.54) is 0 Å². The van der Waals surface area contributed by atoms with Crippen molar-refractivity contribution in [3.63, 3.8) is 0 Å². The lowest BCUT2D eigenvalue weighted by Crippen LogP contribution is -2.35. The zero-order chi connectivity index (χ0) is 15.8. The number of fused-ring (bicyclic) bond motifs is 2. The number of aryl methyl sites for hydroxylation is 1. The van der Waals surface area contributed by atoms with Crippen LogP contribution >= 0.6 is 0 Å². The Bertz CT molecular complexity index is 814. The summed E-state index contributed by atoms with van der Waals surface area (Å²) >= 11 is 0. The molecule has 0 aliphatic carbocycles. The highest BCUT2D eigenvalue weighted by atomic mass is 16.2. The smallest absolute Gasteiger partial charge is 0.270 e. The number of aromatic nitrogens is 3. The third-order valence-electron chi connectivity index (χ3n) is 4.67. The SMILES string of the molecule is CN(CC1CCc2nccn2C1)C(=O)c1cc2ccccc2[nH]1. The molecule has 23 heavy (non-hydrogen) atoms. The molecule has 5 nitrogen and oxygen atoms in total. The molecule has 1 aromatic carbocycles. The fourth-order valence-electron chi connectivity index (χ4n) is 3.45. The summed E-state index contributed by atoms with van der Waals surface area (Å²) in [6.45, 7) is 1.71. The van der Waals surface area contributed by atoms with Gasteiger partial charge in [-0.2, -0.15) is 0 Å². The van der Waals surface area contributed by atoms with E-state index in [0.29, 0.717) is 11.6 Å². The molecule has 3 aromatic rings. The first-order valence-corrected chi connectivity index (χ1v) is 8.04. The van der Waals surface area contributed by atoms with Crippen LogP contribution < -0.4 is 0 Å². The molecule has 1 amide bonds. The second-order valence-electron chi connectivity index (χ2n) is 6.36. The van der Waals surface area contributed by atoms with Gasteiger partial charge in [0.25, 0.3) is 5.91 Å². The summed E-state index contributed by atoms with van der Waals surface area (Å²) in [6.07, 6.45) is 5.96. The molecule has 3 heterocycles. The van der Waals surface area contributed by atoms with Crippen molar-refractivity contribution in [2.24, 2.45) is 5.92 Å². The van der Waals surface area contributed by atoms with Gasteiger partial charge in [-0.25, -0.2) is 4.98 Å². The molecule has 5 heteroatoms. The van der Waals surface area contributed by atoms with E-state index >= 15 is 0 Å². The van der Waals surface area contributed by atoms with Gasteiger partial charge in [0.2, 0.25) is 0 Å². The average molecular weight is 308 g/mol. The van der Waals surface area contributed by atoms with Crippen LogP contribution in [-0.4, -0.2) is 38.9 Å². The lowest BCUT2D eigenvalue weighted by molar-refractivity contribution is 0.0755. The van der Waals surface area contributed by atoms with Gasteiger partial charge in [0.15, 0.2) is 0 Å². The Kier molecular flexibility index (Phi) is 3.41. The number of imidazole rings is 1. The largest absolute Gasteiger partial charge is 0.351 e. The zero-order valence-electron chi connectivity index (χ0n) is 13.2. The van der Waals surface area contributed by atoms with Crippen molar-refractivity contribution in [2.75, 3.05) is 13.6 Å². The molecule has 0 saturated heterocycles. The molecular weight excluding hydrogens is 288 g/mol. The van der Waals surface area contributed by atoms with Crippen LogP contribution in [0.3, 0.4) is 0 Å². The summed E-state index contributed by atoms with van der Waals surface area (Å²) in [4.78, 5) is 22.1. The third kappa shape index (κ3) is 2.63. The van der Waals surface area contributed by atoms with Crippen LogP contribution in [0.15, 0.2) is 42.7 Å². The number of aromatic amines is 1. The van der Waals surface area contributed by atoms with Crippen molar-refractivity contribution in [1.82, 2.24) is 19.4 Å². The van der Waals surface area contributed by atoms with Gasteiger partial charge in [0.05, 0.1) is 0 Å². The molecule has 1 aliphatic heterocycles. The molecule has 4 rings (SSSR count). The van der Waals surface area contributed by atoms with Crippen molar-refractivity contribution in [3.05, 3.63) is 54.2 Å². The Hall–Kier alpha value is -2.56. The van der Waals surface area contributed by atoms with E-state index < -0.39 is 0 Å². The molecule has 1 N–H and O–H groups in total.